The molecular weight excluding hydrogens is 94.1 g/mol. The van der Waals surface area contributed by atoms with Gasteiger partial charge < -0.3 is 16.3 Å². The summed E-state index contributed by atoms with van der Waals surface area (Å²) in [4.78, 5) is 0. The number of rotatable bonds is 2. The lowest BCUT2D eigenvalue weighted by molar-refractivity contribution is 0.317. The van der Waals surface area contributed by atoms with E-state index in [9.17, 15) is 0 Å². The molecule has 0 aromatic carbocycles. The van der Waals surface area contributed by atoms with E-state index in [1.807, 2.05) is 0 Å². The molecule has 0 fully saturated rings. The highest BCUT2D eigenvalue weighted by molar-refractivity contribution is 5.81. The fourth-order valence-electron chi connectivity index (χ4n) is 0.216. The average molecular weight is 103 g/mol. The van der Waals surface area contributed by atoms with Crippen LogP contribution < -0.4 is 11.1 Å². The monoisotopic (exact) mass is 103 g/mol. The molecule has 0 saturated carbocycles. The normalized spacial score (nSPS) is 11.9. The molecule has 0 aromatic rings. The number of oxime groups is 1. The van der Waals surface area contributed by atoms with Crippen molar-refractivity contribution in [2.24, 2.45) is 10.9 Å². The summed E-state index contributed by atoms with van der Waals surface area (Å²) in [6.45, 7) is 0.427. The van der Waals surface area contributed by atoms with E-state index in [4.69, 9.17) is 10.9 Å². The first kappa shape index (κ1) is 6.23. The Morgan fingerprint density at radius 3 is 2.71 bits per heavy atom. The van der Waals surface area contributed by atoms with Gasteiger partial charge in [-0.05, 0) is 7.05 Å². The molecule has 0 bridgehead atoms. The van der Waals surface area contributed by atoms with E-state index in [0.29, 0.717) is 6.54 Å². The van der Waals surface area contributed by atoms with Crippen LogP contribution >= 0.6 is 0 Å². The number of nitrogens with one attached hydrogen (secondary N) is 1. The second-order valence-electron chi connectivity index (χ2n) is 1.12. The minimum absolute atomic E-state index is 0.197. The van der Waals surface area contributed by atoms with E-state index in [1.54, 1.807) is 7.05 Å². The van der Waals surface area contributed by atoms with Crippen LogP contribution in [-0.2, 0) is 0 Å². The molecular formula is C3H9N3O. The summed E-state index contributed by atoms with van der Waals surface area (Å²) in [6, 6.07) is 0. The summed E-state index contributed by atoms with van der Waals surface area (Å²) >= 11 is 0. The largest absolute Gasteiger partial charge is 0.409 e. The average Bonchev–Trinajstić information content (AvgIpc) is 1.68. The third-order valence-electron chi connectivity index (χ3n) is 0.486. The van der Waals surface area contributed by atoms with Crippen molar-refractivity contribution in [3.63, 3.8) is 0 Å². The van der Waals surface area contributed by atoms with Gasteiger partial charge in [0.25, 0.3) is 0 Å². The lowest BCUT2D eigenvalue weighted by atomic mass is 10.6. The molecule has 0 radical (unpaired) electrons. The van der Waals surface area contributed by atoms with Crippen molar-refractivity contribution in [3.8, 4) is 0 Å². The van der Waals surface area contributed by atoms with Crippen molar-refractivity contribution in [3.05, 3.63) is 0 Å². The summed E-state index contributed by atoms with van der Waals surface area (Å²) < 4.78 is 0. The molecule has 0 aliphatic carbocycles. The Bertz CT molecular complexity index is 70.6. The third kappa shape index (κ3) is 3.05. The predicted molar refractivity (Wildman–Crippen MR) is 27.3 cm³/mol. The van der Waals surface area contributed by atoms with Crippen LogP contribution in [0.15, 0.2) is 5.16 Å². The third-order valence-corrected chi connectivity index (χ3v) is 0.486. The van der Waals surface area contributed by atoms with Gasteiger partial charge in [0.05, 0.1) is 6.54 Å². The van der Waals surface area contributed by atoms with Gasteiger partial charge >= 0.3 is 0 Å². The first-order valence-electron chi connectivity index (χ1n) is 1.92. The van der Waals surface area contributed by atoms with E-state index < -0.39 is 0 Å². The van der Waals surface area contributed by atoms with E-state index in [1.165, 1.54) is 0 Å². The molecule has 7 heavy (non-hydrogen) atoms. The van der Waals surface area contributed by atoms with Gasteiger partial charge in [0.2, 0.25) is 0 Å². The number of likely N-dealkylation sites (N-methyl/N-ethyl adjacent to an activating group) is 1. The van der Waals surface area contributed by atoms with Crippen molar-refractivity contribution in [2.75, 3.05) is 13.6 Å². The molecule has 0 aliphatic rings. The molecule has 0 unspecified atom stereocenters. The lowest BCUT2D eigenvalue weighted by Gasteiger charge is -1.91. The standard InChI is InChI=1S/C3H9N3O/c1-5-2-3(4)6-7/h5,7H,2H2,1H3,(H2,4,6). The fourth-order valence-corrected chi connectivity index (χ4v) is 0.216. The second-order valence-corrected chi connectivity index (χ2v) is 1.12. The maximum atomic E-state index is 7.89. The zero-order chi connectivity index (χ0) is 5.70. The first-order valence-corrected chi connectivity index (χ1v) is 1.92. The Hall–Kier alpha value is -0.770. The van der Waals surface area contributed by atoms with Crippen molar-refractivity contribution < 1.29 is 5.21 Å². The topological polar surface area (TPSA) is 70.6 Å². The Labute approximate surface area is 42.0 Å². The highest BCUT2D eigenvalue weighted by atomic mass is 16.4. The minimum Gasteiger partial charge on any atom is -0.409 e. The summed E-state index contributed by atoms with van der Waals surface area (Å²) in [7, 11) is 1.72. The van der Waals surface area contributed by atoms with Crippen LogP contribution in [0.25, 0.3) is 0 Å². The van der Waals surface area contributed by atoms with Gasteiger partial charge in [-0.15, -0.1) is 0 Å². The molecule has 0 heterocycles. The van der Waals surface area contributed by atoms with Crippen LogP contribution in [0, 0.1) is 0 Å². The molecule has 0 spiro atoms. The number of hydrogen-bond donors (Lipinski definition) is 3. The van der Waals surface area contributed by atoms with Gasteiger partial charge in [-0.3, -0.25) is 0 Å². The molecule has 4 heteroatoms. The lowest BCUT2D eigenvalue weighted by Crippen LogP contribution is -2.25. The van der Waals surface area contributed by atoms with Crippen LogP contribution in [0.2, 0.25) is 0 Å². The van der Waals surface area contributed by atoms with Crippen LogP contribution in [-0.4, -0.2) is 24.6 Å². The van der Waals surface area contributed by atoms with Crippen LogP contribution in [0.1, 0.15) is 0 Å². The maximum absolute atomic E-state index is 7.89. The van der Waals surface area contributed by atoms with Gasteiger partial charge in [0, 0.05) is 0 Å². The SMILES string of the molecule is CNC/C(N)=N/O. The van der Waals surface area contributed by atoms with Gasteiger partial charge in [-0.25, -0.2) is 0 Å². The quantitative estimate of drug-likeness (QED) is 0.181. The zero-order valence-corrected chi connectivity index (χ0v) is 4.18. The Balaban J connectivity index is 3.17. The van der Waals surface area contributed by atoms with E-state index in [2.05, 4.69) is 10.5 Å². The van der Waals surface area contributed by atoms with Gasteiger partial charge in [-0.1, -0.05) is 5.16 Å². The molecule has 0 saturated heterocycles. The van der Waals surface area contributed by atoms with Crippen molar-refractivity contribution >= 4 is 5.84 Å². The predicted octanol–water partition coefficient (Wildman–Crippen LogP) is -1.05. The minimum atomic E-state index is 0.197. The Morgan fingerprint density at radius 2 is 2.57 bits per heavy atom. The first-order chi connectivity index (χ1) is 3.31. The van der Waals surface area contributed by atoms with Gasteiger partial charge in [0.15, 0.2) is 5.84 Å². The van der Waals surface area contributed by atoms with Crippen molar-refractivity contribution in [1.82, 2.24) is 5.32 Å². The Kier molecular flexibility index (Phi) is 3.04. The number of nitrogens with two attached hydrogens (primary N) is 1. The highest BCUT2D eigenvalue weighted by Crippen LogP contribution is 1.56. The number of hydrogen-bond acceptors (Lipinski definition) is 3. The molecule has 4 N–H and O–H groups in total. The summed E-state index contributed by atoms with van der Waals surface area (Å²) in [6.07, 6.45) is 0. The molecule has 0 aromatic heterocycles. The second kappa shape index (κ2) is 3.42. The van der Waals surface area contributed by atoms with Crippen LogP contribution in [0.5, 0.6) is 0 Å². The number of nitrogens with zero attached hydrogens (tertiary/aromatic N) is 1. The molecule has 42 valence electrons. The zero-order valence-electron chi connectivity index (χ0n) is 4.18. The van der Waals surface area contributed by atoms with E-state index in [-0.39, 0.29) is 5.84 Å². The highest BCUT2D eigenvalue weighted by Gasteiger charge is 1.83. The molecule has 0 amide bonds. The van der Waals surface area contributed by atoms with Crippen molar-refractivity contribution in [1.29, 1.82) is 0 Å². The Morgan fingerprint density at radius 1 is 2.00 bits per heavy atom. The van der Waals surface area contributed by atoms with Crippen LogP contribution in [0.4, 0.5) is 0 Å². The molecule has 0 rings (SSSR count). The van der Waals surface area contributed by atoms with Gasteiger partial charge in [0.1, 0.15) is 0 Å². The van der Waals surface area contributed by atoms with E-state index in [0.717, 1.165) is 0 Å². The molecule has 4 nitrogen and oxygen atoms in total. The summed E-state index contributed by atoms with van der Waals surface area (Å²) in [5, 5.41) is 13.3. The molecule has 0 aliphatic heterocycles. The van der Waals surface area contributed by atoms with E-state index >= 15 is 0 Å². The summed E-state index contributed by atoms with van der Waals surface area (Å²) in [5.74, 6) is 0.197. The van der Waals surface area contributed by atoms with Crippen LogP contribution in [0.3, 0.4) is 0 Å². The van der Waals surface area contributed by atoms with Gasteiger partial charge in [-0.2, -0.15) is 0 Å². The van der Waals surface area contributed by atoms with Crippen molar-refractivity contribution in [2.45, 2.75) is 0 Å². The number of amidine groups is 1. The maximum Gasteiger partial charge on any atom is 0.153 e. The smallest absolute Gasteiger partial charge is 0.153 e. The summed E-state index contributed by atoms with van der Waals surface area (Å²) in [5.41, 5.74) is 5.02. The molecule has 0 atom stereocenters. The fraction of sp³-hybridized carbons (Fsp3) is 0.667.